The van der Waals surface area contributed by atoms with E-state index in [4.69, 9.17) is 47.0 Å². The molecule has 4 aromatic rings. The van der Waals surface area contributed by atoms with Gasteiger partial charge in [-0.2, -0.15) is 0 Å². The van der Waals surface area contributed by atoms with E-state index in [2.05, 4.69) is 15.6 Å². The fourth-order valence-corrected chi connectivity index (χ4v) is 4.42. The first-order valence-corrected chi connectivity index (χ1v) is 11.0. The first-order valence-electron chi connectivity index (χ1n) is 8.63. The van der Waals surface area contributed by atoms with Crippen LogP contribution in [0, 0.1) is 0 Å². The SMILES string of the molecule is O=C(NC(=S)Nc1ccc(Cl)cc1-c1nc2ccccc2s1)c1ccc(Cl)c(Cl)c1. The Morgan fingerprint density at radius 1 is 0.967 bits per heavy atom. The van der Waals surface area contributed by atoms with E-state index in [1.165, 1.54) is 6.07 Å². The van der Waals surface area contributed by atoms with Crippen LogP contribution in [0.15, 0.2) is 60.7 Å². The van der Waals surface area contributed by atoms with Crippen molar-refractivity contribution in [3.8, 4) is 10.6 Å². The van der Waals surface area contributed by atoms with Gasteiger partial charge in [0.1, 0.15) is 5.01 Å². The minimum atomic E-state index is -0.401. The number of hydrogen-bond donors (Lipinski definition) is 2. The molecule has 150 valence electrons. The lowest BCUT2D eigenvalue weighted by Crippen LogP contribution is -2.34. The number of hydrogen-bond acceptors (Lipinski definition) is 4. The second-order valence-corrected chi connectivity index (χ2v) is 8.90. The van der Waals surface area contributed by atoms with Crippen LogP contribution in [0.1, 0.15) is 10.4 Å². The fourth-order valence-electron chi connectivity index (χ4n) is 2.76. The normalized spacial score (nSPS) is 10.8. The summed E-state index contributed by atoms with van der Waals surface area (Å²) in [5, 5.41) is 7.85. The lowest BCUT2D eigenvalue weighted by Gasteiger charge is -2.13. The maximum Gasteiger partial charge on any atom is 0.257 e. The van der Waals surface area contributed by atoms with Crippen LogP contribution in [0.3, 0.4) is 0 Å². The minimum absolute atomic E-state index is 0.135. The summed E-state index contributed by atoms with van der Waals surface area (Å²) in [6, 6.07) is 17.8. The number of fused-ring (bicyclic) bond motifs is 1. The Bertz CT molecular complexity index is 1260. The number of anilines is 1. The number of carbonyl (C=O) groups excluding carboxylic acids is 1. The summed E-state index contributed by atoms with van der Waals surface area (Å²) in [7, 11) is 0. The molecular formula is C21H12Cl3N3OS2. The van der Waals surface area contributed by atoms with Crippen molar-refractivity contribution in [3.05, 3.63) is 81.3 Å². The molecule has 2 N–H and O–H groups in total. The highest BCUT2D eigenvalue weighted by molar-refractivity contribution is 7.80. The van der Waals surface area contributed by atoms with Crippen molar-refractivity contribution < 1.29 is 4.79 Å². The van der Waals surface area contributed by atoms with Crippen molar-refractivity contribution in [2.45, 2.75) is 0 Å². The molecule has 0 saturated heterocycles. The Labute approximate surface area is 196 Å². The van der Waals surface area contributed by atoms with E-state index in [0.29, 0.717) is 26.3 Å². The Kier molecular flexibility index (Phi) is 6.22. The summed E-state index contributed by atoms with van der Waals surface area (Å²) >= 11 is 25.0. The highest BCUT2D eigenvalue weighted by Gasteiger charge is 2.14. The summed E-state index contributed by atoms with van der Waals surface area (Å²) in [6.07, 6.45) is 0. The van der Waals surface area contributed by atoms with Crippen LogP contribution >= 0.6 is 58.4 Å². The van der Waals surface area contributed by atoms with Gasteiger partial charge in [-0.1, -0.05) is 46.9 Å². The molecule has 0 aliphatic heterocycles. The molecule has 0 atom stereocenters. The summed E-state index contributed by atoms with van der Waals surface area (Å²) in [6.45, 7) is 0. The van der Waals surface area contributed by atoms with Crippen molar-refractivity contribution in [1.29, 1.82) is 0 Å². The van der Waals surface area contributed by atoms with Gasteiger partial charge >= 0.3 is 0 Å². The van der Waals surface area contributed by atoms with Crippen molar-refractivity contribution in [2.24, 2.45) is 0 Å². The molecule has 0 aliphatic carbocycles. The molecule has 0 fully saturated rings. The molecule has 30 heavy (non-hydrogen) atoms. The molecule has 0 bridgehead atoms. The van der Waals surface area contributed by atoms with E-state index >= 15 is 0 Å². The standard InChI is InChI=1S/C21H12Cl3N3OS2/c22-12-6-8-16(13(10-12)20-25-17-3-1-2-4-18(17)30-20)26-21(29)27-19(28)11-5-7-14(23)15(24)9-11/h1-10H,(H2,26,27,28,29). The molecule has 4 nitrogen and oxygen atoms in total. The van der Waals surface area contributed by atoms with Crippen molar-refractivity contribution in [3.63, 3.8) is 0 Å². The number of rotatable bonds is 3. The molecule has 4 rings (SSSR count). The summed E-state index contributed by atoms with van der Waals surface area (Å²) in [5.74, 6) is -0.401. The van der Waals surface area contributed by atoms with E-state index in [0.717, 1.165) is 20.8 Å². The second-order valence-electron chi connectivity index (χ2n) is 6.21. The molecule has 1 amide bonds. The molecular weight excluding hydrogens is 481 g/mol. The first-order chi connectivity index (χ1) is 14.4. The Morgan fingerprint density at radius 3 is 2.53 bits per heavy atom. The molecule has 0 unspecified atom stereocenters. The van der Waals surface area contributed by atoms with E-state index in [9.17, 15) is 4.79 Å². The number of nitrogens with one attached hydrogen (secondary N) is 2. The monoisotopic (exact) mass is 491 g/mol. The van der Waals surface area contributed by atoms with E-state index in [1.807, 2.05) is 30.3 Å². The predicted octanol–water partition coefficient (Wildman–Crippen LogP) is 7.05. The van der Waals surface area contributed by atoms with Crippen LogP contribution in [0.4, 0.5) is 5.69 Å². The number of amides is 1. The highest BCUT2D eigenvalue weighted by atomic mass is 35.5. The maximum atomic E-state index is 12.5. The quantitative estimate of drug-likeness (QED) is 0.301. The zero-order valence-electron chi connectivity index (χ0n) is 15.1. The summed E-state index contributed by atoms with van der Waals surface area (Å²) in [4.78, 5) is 17.1. The number of carbonyl (C=O) groups is 1. The number of halogens is 3. The average Bonchev–Trinajstić information content (AvgIpc) is 3.15. The number of thiazole rings is 1. The van der Waals surface area contributed by atoms with Crippen LogP contribution in [-0.4, -0.2) is 16.0 Å². The Balaban J connectivity index is 1.57. The molecule has 0 saturated carbocycles. The molecule has 0 radical (unpaired) electrons. The number of nitrogens with zero attached hydrogens (tertiary/aromatic N) is 1. The van der Waals surface area contributed by atoms with E-state index in [-0.39, 0.29) is 5.11 Å². The largest absolute Gasteiger partial charge is 0.332 e. The molecule has 1 aromatic heterocycles. The van der Waals surface area contributed by atoms with Gasteiger partial charge in [-0.05, 0) is 60.7 Å². The van der Waals surface area contributed by atoms with Crippen LogP contribution < -0.4 is 10.6 Å². The summed E-state index contributed by atoms with van der Waals surface area (Å²) < 4.78 is 1.06. The minimum Gasteiger partial charge on any atom is -0.332 e. The zero-order chi connectivity index (χ0) is 21.3. The number of thiocarbonyl (C=S) groups is 1. The van der Waals surface area contributed by atoms with Gasteiger partial charge in [0.2, 0.25) is 0 Å². The second kappa shape index (κ2) is 8.88. The molecule has 3 aromatic carbocycles. The van der Waals surface area contributed by atoms with Gasteiger partial charge < -0.3 is 5.32 Å². The first kappa shape index (κ1) is 21.0. The molecule has 0 spiro atoms. The number of benzene rings is 3. The topological polar surface area (TPSA) is 54.0 Å². The third-order valence-electron chi connectivity index (χ3n) is 4.16. The predicted molar refractivity (Wildman–Crippen MR) is 130 cm³/mol. The van der Waals surface area contributed by atoms with Crippen LogP contribution in [0.2, 0.25) is 15.1 Å². The smallest absolute Gasteiger partial charge is 0.257 e. The Hall–Kier alpha value is -2.22. The molecule has 1 heterocycles. The van der Waals surface area contributed by atoms with Gasteiger partial charge in [0.05, 0.1) is 25.9 Å². The highest BCUT2D eigenvalue weighted by Crippen LogP contribution is 2.36. The van der Waals surface area contributed by atoms with Crippen molar-refractivity contribution in [2.75, 3.05) is 5.32 Å². The Morgan fingerprint density at radius 2 is 1.77 bits per heavy atom. The van der Waals surface area contributed by atoms with Crippen LogP contribution in [0.5, 0.6) is 0 Å². The van der Waals surface area contributed by atoms with Crippen LogP contribution in [0.25, 0.3) is 20.8 Å². The number of aromatic nitrogens is 1. The molecule has 9 heteroatoms. The van der Waals surface area contributed by atoms with Gasteiger partial charge in [0.25, 0.3) is 5.91 Å². The van der Waals surface area contributed by atoms with Crippen LogP contribution in [-0.2, 0) is 0 Å². The van der Waals surface area contributed by atoms with Crippen molar-refractivity contribution >= 4 is 85.3 Å². The van der Waals surface area contributed by atoms with Gasteiger partial charge in [0.15, 0.2) is 5.11 Å². The van der Waals surface area contributed by atoms with Crippen molar-refractivity contribution in [1.82, 2.24) is 10.3 Å². The van der Waals surface area contributed by atoms with E-state index < -0.39 is 5.91 Å². The van der Waals surface area contributed by atoms with Gasteiger partial charge in [-0.3, -0.25) is 10.1 Å². The van der Waals surface area contributed by atoms with Gasteiger partial charge in [0, 0.05) is 16.1 Å². The van der Waals surface area contributed by atoms with Gasteiger partial charge in [-0.25, -0.2) is 4.98 Å². The fraction of sp³-hybridized carbons (Fsp3) is 0. The zero-order valence-corrected chi connectivity index (χ0v) is 19.0. The lowest BCUT2D eigenvalue weighted by atomic mass is 10.2. The lowest BCUT2D eigenvalue weighted by molar-refractivity contribution is 0.0977. The maximum absolute atomic E-state index is 12.5. The average molecular weight is 493 g/mol. The molecule has 0 aliphatic rings. The van der Waals surface area contributed by atoms with Gasteiger partial charge in [-0.15, -0.1) is 11.3 Å². The third-order valence-corrected chi connectivity index (χ3v) is 6.41. The number of para-hydroxylation sites is 1. The summed E-state index contributed by atoms with van der Waals surface area (Å²) in [5.41, 5.74) is 2.71. The van der Waals surface area contributed by atoms with E-state index in [1.54, 1.807) is 35.6 Å². The third kappa shape index (κ3) is 4.58.